The van der Waals surface area contributed by atoms with Crippen molar-refractivity contribution >= 4 is 22.8 Å². The zero-order valence-electron chi connectivity index (χ0n) is 19.2. The van der Waals surface area contributed by atoms with Crippen LogP contribution >= 0.6 is 0 Å². The van der Waals surface area contributed by atoms with Gasteiger partial charge in [-0.2, -0.15) is 10.5 Å². The van der Waals surface area contributed by atoms with Gasteiger partial charge in [-0.25, -0.2) is 0 Å². The van der Waals surface area contributed by atoms with Crippen LogP contribution in [0.2, 0.25) is 0 Å². The largest absolute Gasteiger partial charge is 0.488 e. The molecule has 170 valence electrons. The fourth-order valence-corrected chi connectivity index (χ4v) is 3.85. The number of ether oxygens (including phenoxy) is 1. The number of hydrogen-bond acceptors (Lipinski definition) is 4. The Balaban J connectivity index is 1.68. The second kappa shape index (κ2) is 10.8. The quantitative estimate of drug-likeness (QED) is 0.269. The van der Waals surface area contributed by atoms with Gasteiger partial charge in [0.05, 0.1) is 17.7 Å². The molecule has 0 bridgehead atoms. The molecule has 0 heterocycles. The van der Waals surface area contributed by atoms with Gasteiger partial charge in [0.25, 0.3) is 5.91 Å². The van der Waals surface area contributed by atoms with Crippen LogP contribution in [0.5, 0.6) is 5.75 Å². The van der Waals surface area contributed by atoms with Crippen LogP contribution in [0.15, 0.2) is 96.6 Å². The van der Waals surface area contributed by atoms with Crippen molar-refractivity contribution in [2.45, 2.75) is 19.6 Å². The summed E-state index contributed by atoms with van der Waals surface area (Å²) in [5.74, 6) is 0.0608. The maximum atomic E-state index is 13.0. The summed E-state index contributed by atoms with van der Waals surface area (Å²) in [5.41, 5.74) is 2.86. The molecule has 5 heteroatoms. The van der Waals surface area contributed by atoms with E-state index in [4.69, 9.17) is 4.74 Å². The third kappa shape index (κ3) is 5.38. The third-order valence-corrected chi connectivity index (χ3v) is 5.75. The highest BCUT2D eigenvalue weighted by molar-refractivity contribution is 6.05. The second-order valence-corrected chi connectivity index (χ2v) is 8.03. The van der Waals surface area contributed by atoms with Crippen molar-refractivity contribution in [3.8, 4) is 17.9 Å². The van der Waals surface area contributed by atoms with Crippen LogP contribution in [0.25, 0.3) is 16.8 Å². The predicted molar refractivity (Wildman–Crippen MR) is 136 cm³/mol. The summed E-state index contributed by atoms with van der Waals surface area (Å²) in [5, 5.41) is 23.9. The smallest absolute Gasteiger partial charge is 0.262 e. The molecule has 0 radical (unpaired) electrons. The van der Waals surface area contributed by atoms with Crippen molar-refractivity contribution in [2.75, 3.05) is 0 Å². The number of hydrogen-bond donors (Lipinski definition) is 1. The van der Waals surface area contributed by atoms with E-state index < -0.39 is 5.91 Å². The lowest BCUT2D eigenvalue weighted by atomic mass is 10.0. The number of fused-ring (bicyclic) bond motifs is 1. The van der Waals surface area contributed by atoms with Crippen molar-refractivity contribution < 1.29 is 9.53 Å². The van der Waals surface area contributed by atoms with Crippen LogP contribution in [-0.4, -0.2) is 5.91 Å². The van der Waals surface area contributed by atoms with E-state index in [1.807, 2.05) is 91.9 Å². The molecule has 0 unspecified atom stereocenters. The van der Waals surface area contributed by atoms with Gasteiger partial charge >= 0.3 is 0 Å². The zero-order chi connectivity index (χ0) is 24.6. The molecule has 0 fully saturated rings. The van der Waals surface area contributed by atoms with Crippen LogP contribution < -0.4 is 10.1 Å². The molecular weight excluding hydrogens is 434 g/mol. The summed E-state index contributed by atoms with van der Waals surface area (Å²) in [6, 6.07) is 32.3. The minimum absolute atomic E-state index is 0.0218. The first-order valence-corrected chi connectivity index (χ1v) is 11.2. The number of amides is 1. The van der Waals surface area contributed by atoms with E-state index in [-0.39, 0.29) is 18.2 Å². The summed E-state index contributed by atoms with van der Waals surface area (Å²) in [6.07, 6.45) is 1.57. The molecule has 0 aliphatic rings. The summed E-state index contributed by atoms with van der Waals surface area (Å²) in [4.78, 5) is 13.0. The average molecular weight is 458 g/mol. The highest BCUT2D eigenvalue weighted by Gasteiger charge is 2.16. The number of carbonyl (C=O) groups is 1. The van der Waals surface area contributed by atoms with Gasteiger partial charge in [0.1, 0.15) is 24.0 Å². The second-order valence-electron chi connectivity index (χ2n) is 8.03. The van der Waals surface area contributed by atoms with Crippen LogP contribution in [0, 0.1) is 22.7 Å². The van der Waals surface area contributed by atoms with Gasteiger partial charge in [-0.3, -0.25) is 4.79 Å². The first-order chi connectivity index (χ1) is 17.1. The topological polar surface area (TPSA) is 85.9 Å². The van der Waals surface area contributed by atoms with Crippen LogP contribution in [0.1, 0.15) is 35.2 Å². The van der Waals surface area contributed by atoms with Crippen LogP contribution in [0.4, 0.5) is 0 Å². The number of rotatable bonds is 7. The molecule has 1 atom stereocenters. The van der Waals surface area contributed by atoms with Crippen molar-refractivity contribution in [1.29, 1.82) is 10.5 Å². The molecular formula is C30H23N3O2. The van der Waals surface area contributed by atoms with Crippen molar-refractivity contribution in [2.24, 2.45) is 0 Å². The first-order valence-electron chi connectivity index (χ1n) is 11.2. The van der Waals surface area contributed by atoms with E-state index in [0.717, 1.165) is 21.9 Å². The van der Waals surface area contributed by atoms with Crippen molar-refractivity contribution in [3.05, 3.63) is 119 Å². The fourth-order valence-electron chi connectivity index (χ4n) is 3.85. The van der Waals surface area contributed by atoms with Crippen LogP contribution in [0.3, 0.4) is 0 Å². The molecule has 1 N–H and O–H groups in total. The number of carbonyl (C=O) groups excluding carboxylic acids is 1. The SMILES string of the molecule is C[C@@H](NC(=O)/C(C#N)=C\c1c(OCc2ccccc2C#N)ccc2ccccc12)c1ccccc1. The van der Waals surface area contributed by atoms with Gasteiger partial charge in [0.15, 0.2) is 0 Å². The molecule has 4 rings (SSSR count). The van der Waals surface area contributed by atoms with Crippen LogP contribution in [-0.2, 0) is 11.4 Å². The maximum absolute atomic E-state index is 13.0. The molecule has 0 aromatic heterocycles. The lowest BCUT2D eigenvalue weighted by molar-refractivity contribution is -0.117. The van der Waals surface area contributed by atoms with Crippen molar-refractivity contribution in [1.82, 2.24) is 5.32 Å². The molecule has 35 heavy (non-hydrogen) atoms. The Morgan fingerprint density at radius 1 is 0.943 bits per heavy atom. The van der Waals surface area contributed by atoms with E-state index in [1.54, 1.807) is 18.2 Å². The maximum Gasteiger partial charge on any atom is 0.262 e. The van der Waals surface area contributed by atoms with E-state index in [1.165, 1.54) is 0 Å². The monoisotopic (exact) mass is 457 g/mol. The Hall–Kier alpha value is -4.87. The third-order valence-electron chi connectivity index (χ3n) is 5.75. The molecule has 4 aromatic rings. The highest BCUT2D eigenvalue weighted by atomic mass is 16.5. The van der Waals surface area contributed by atoms with E-state index in [2.05, 4.69) is 11.4 Å². The van der Waals surface area contributed by atoms with Gasteiger partial charge in [0, 0.05) is 11.1 Å². The molecule has 0 saturated heterocycles. The Morgan fingerprint density at radius 3 is 2.43 bits per heavy atom. The molecule has 0 saturated carbocycles. The first kappa shape index (κ1) is 23.3. The number of benzene rings is 4. The fraction of sp³-hybridized carbons (Fsp3) is 0.100. The van der Waals surface area contributed by atoms with E-state index >= 15 is 0 Å². The molecule has 0 aliphatic heterocycles. The number of nitriles is 2. The zero-order valence-corrected chi connectivity index (χ0v) is 19.2. The summed E-state index contributed by atoms with van der Waals surface area (Å²) >= 11 is 0. The highest BCUT2D eigenvalue weighted by Crippen LogP contribution is 2.31. The molecule has 1 amide bonds. The van der Waals surface area contributed by atoms with Crippen molar-refractivity contribution in [3.63, 3.8) is 0 Å². The Morgan fingerprint density at radius 2 is 1.66 bits per heavy atom. The molecule has 0 aliphatic carbocycles. The summed E-state index contributed by atoms with van der Waals surface area (Å²) < 4.78 is 6.11. The lowest BCUT2D eigenvalue weighted by Crippen LogP contribution is -2.27. The molecule has 0 spiro atoms. The number of nitrogens with zero attached hydrogens (tertiary/aromatic N) is 2. The Labute approximate surface area is 204 Å². The predicted octanol–water partition coefficient (Wildman–Crippen LogP) is 6.07. The minimum Gasteiger partial charge on any atom is -0.488 e. The molecule has 4 aromatic carbocycles. The van der Waals surface area contributed by atoms with E-state index in [0.29, 0.717) is 16.9 Å². The average Bonchev–Trinajstić information content (AvgIpc) is 2.91. The summed E-state index contributed by atoms with van der Waals surface area (Å²) in [7, 11) is 0. The standard InChI is InChI=1S/C30H23N3O2/c1-21(22-9-3-2-4-10-22)33-30(34)26(19-32)17-28-27-14-8-7-11-23(27)15-16-29(28)35-20-25-13-6-5-12-24(25)18-31/h2-17,21H,20H2,1H3,(H,33,34)/b26-17-/t21-/m1/s1. The number of nitrogens with one attached hydrogen (secondary N) is 1. The van der Waals surface area contributed by atoms with Gasteiger partial charge in [-0.15, -0.1) is 0 Å². The normalized spacial score (nSPS) is 11.8. The van der Waals surface area contributed by atoms with E-state index in [9.17, 15) is 15.3 Å². The van der Waals surface area contributed by atoms with Gasteiger partial charge in [0.2, 0.25) is 0 Å². The summed E-state index contributed by atoms with van der Waals surface area (Å²) in [6.45, 7) is 2.06. The Kier molecular flexibility index (Phi) is 7.21. The molecule has 5 nitrogen and oxygen atoms in total. The van der Waals surface area contributed by atoms with Gasteiger partial charge < -0.3 is 10.1 Å². The van der Waals surface area contributed by atoms with Gasteiger partial charge in [-0.05, 0) is 41.5 Å². The lowest BCUT2D eigenvalue weighted by Gasteiger charge is -2.15. The Bertz CT molecular complexity index is 1480. The van der Waals surface area contributed by atoms with Gasteiger partial charge in [-0.1, -0.05) is 78.9 Å². The minimum atomic E-state index is -0.461.